The van der Waals surface area contributed by atoms with Crippen LogP contribution in [0, 0.1) is 0 Å². The zero-order valence-corrected chi connectivity index (χ0v) is 17.4. The lowest BCUT2D eigenvalue weighted by molar-refractivity contribution is 0.218. The number of carbonyl (C=O) groups is 1. The SMILES string of the molecule is CNCCN(C)C(=O)N(c1ccc(N(C)C)cc1)c1ccc(O)c2ccccc12. The first-order chi connectivity index (χ1) is 13.9. The Morgan fingerprint density at radius 1 is 0.897 bits per heavy atom. The summed E-state index contributed by atoms with van der Waals surface area (Å²) in [6.45, 7) is 1.28. The van der Waals surface area contributed by atoms with Gasteiger partial charge in [-0.25, -0.2) is 4.79 Å². The Bertz CT molecular complexity index is 986. The summed E-state index contributed by atoms with van der Waals surface area (Å²) in [7, 11) is 7.63. The molecule has 0 bridgehead atoms. The van der Waals surface area contributed by atoms with Crippen molar-refractivity contribution in [1.29, 1.82) is 0 Å². The Balaban J connectivity index is 2.13. The van der Waals surface area contributed by atoms with Crippen LogP contribution in [-0.2, 0) is 0 Å². The number of amides is 2. The van der Waals surface area contributed by atoms with Gasteiger partial charge < -0.3 is 20.2 Å². The first kappa shape index (κ1) is 20.5. The summed E-state index contributed by atoms with van der Waals surface area (Å²) in [5, 5.41) is 14.9. The van der Waals surface area contributed by atoms with Crippen LogP contribution in [0.3, 0.4) is 0 Å². The standard InChI is InChI=1S/C23H28N4O2/c1-24-15-16-26(4)23(29)27(18-11-9-17(10-12-18)25(2)3)21-13-14-22(28)20-8-6-5-7-19(20)21/h5-14,24,28H,15-16H2,1-4H3. The molecule has 2 N–H and O–H groups in total. The van der Waals surface area contributed by atoms with Crippen LogP contribution in [-0.4, -0.2) is 57.3 Å². The number of likely N-dealkylation sites (N-methyl/N-ethyl adjacent to an activating group) is 2. The molecule has 0 saturated carbocycles. The van der Waals surface area contributed by atoms with Gasteiger partial charge in [-0.05, 0) is 43.4 Å². The summed E-state index contributed by atoms with van der Waals surface area (Å²) in [5.74, 6) is 0.197. The lowest BCUT2D eigenvalue weighted by atomic mass is 10.1. The van der Waals surface area contributed by atoms with E-state index in [1.54, 1.807) is 29.0 Å². The third-order valence-electron chi connectivity index (χ3n) is 4.96. The first-order valence-corrected chi connectivity index (χ1v) is 9.62. The topological polar surface area (TPSA) is 59.1 Å². The smallest absolute Gasteiger partial charge is 0.328 e. The summed E-state index contributed by atoms with van der Waals surface area (Å²) in [6, 6.07) is 18.7. The number of benzene rings is 3. The fraction of sp³-hybridized carbons (Fsp3) is 0.261. The average Bonchev–Trinajstić information content (AvgIpc) is 2.74. The molecule has 0 atom stereocenters. The van der Waals surface area contributed by atoms with Crippen LogP contribution in [0.5, 0.6) is 5.75 Å². The molecule has 3 rings (SSSR count). The van der Waals surface area contributed by atoms with E-state index in [2.05, 4.69) is 5.32 Å². The van der Waals surface area contributed by atoms with Crippen LogP contribution < -0.4 is 15.1 Å². The van der Waals surface area contributed by atoms with E-state index in [1.807, 2.05) is 74.6 Å². The molecule has 0 aliphatic rings. The maximum atomic E-state index is 13.4. The maximum absolute atomic E-state index is 13.4. The van der Waals surface area contributed by atoms with Gasteiger partial charge >= 0.3 is 6.03 Å². The molecule has 6 heteroatoms. The normalized spacial score (nSPS) is 10.8. The van der Waals surface area contributed by atoms with Crippen LogP contribution in [0.15, 0.2) is 60.7 Å². The molecule has 0 heterocycles. The Hall–Kier alpha value is -3.25. The number of carbonyl (C=O) groups excluding carboxylic acids is 1. The first-order valence-electron chi connectivity index (χ1n) is 9.62. The molecule has 2 amide bonds. The molecular formula is C23H28N4O2. The van der Waals surface area contributed by atoms with Gasteiger partial charge in [-0.3, -0.25) is 4.90 Å². The predicted octanol–water partition coefficient (Wildman–Crippen LogP) is 4.02. The van der Waals surface area contributed by atoms with E-state index in [1.165, 1.54) is 0 Å². The lowest BCUT2D eigenvalue weighted by Gasteiger charge is -2.30. The van der Waals surface area contributed by atoms with Crippen LogP contribution in [0.4, 0.5) is 21.9 Å². The number of urea groups is 1. The molecule has 0 fully saturated rings. The fourth-order valence-electron chi connectivity index (χ4n) is 3.26. The Morgan fingerprint density at radius 2 is 1.52 bits per heavy atom. The minimum absolute atomic E-state index is 0.131. The van der Waals surface area contributed by atoms with Crippen molar-refractivity contribution in [1.82, 2.24) is 10.2 Å². The third kappa shape index (κ3) is 4.27. The molecule has 0 saturated heterocycles. The molecule has 0 aliphatic carbocycles. The molecule has 3 aromatic rings. The van der Waals surface area contributed by atoms with E-state index in [0.29, 0.717) is 18.5 Å². The van der Waals surface area contributed by atoms with E-state index >= 15 is 0 Å². The van der Waals surface area contributed by atoms with E-state index < -0.39 is 0 Å². The second-order valence-corrected chi connectivity index (χ2v) is 7.20. The minimum Gasteiger partial charge on any atom is -0.507 e. The van der Waals surface area contributed by atoms with E-state index in [9.17, 15) is 9.90 Å². The highest BCUT2D eigenvalue weighted by molar-refractivity contribution is 6.09. The highest BCUT2D eigenvalue weighted by atomic mass is 16.3. The maximum Gasteiger partial charge on any atom is 0.328 e. The Kier molecular flexibility index (Phi) is 6.24. The van der Waals surface area contributed by atoms with Crippen molar-refractivity contribution in [2.75, 3.05) is 51.1 Å². The summed E-state index contributed by atoms with van der Waals surface area (Å²) >= 11 is 0. The van der Waals surface area contributed by atoms with Gasteiger partial charge in [0.2, 0.25) is 0 Å². The molecule has 6 nitrogen and oxygen atoms in total. The van der Waals surface area contributed by atoms with Crippen molar-refractivity contribution in [3.8, 4) is 5.75 Å². The van der Waals surface area contributed by atoms with Crippen LogP contribution >= 0.6 is 0 Å². The number of nitrogens with zero attached hydrogens (tertiary/aromatic N) is 3. The molecule has 0 aliphatic heterocycles. The van der Waals surface area contributed by atoms with Gasteiger partial charge in [-0.1, -0.05) is 24.3 Å². The fourth-order valence-corrected chi connectivity index (χ4v) is 3.26. The summed E-state index contributed by atoms with van der Waals surface area (Å²) < 4.78 is 0. The number of aromatic hydroxyl groups is 1. The van der Waals surface area contributed by atoms with Gasteiger partial charge in [0, 0.05) is 50.7 Å². The molecular weight excluding hydrogens is 364 g/mol. The highest BCUT2D eigenvalue weighted by Gasteiger charge is 2.24. The second-order valence-electron chi connectivity index (χ2n) is 7.20. The monoisotopic (exact) mass is 392 g/mol. The van der Waals surface area contributed by atoms with Crippen molar-refractivity contribution in [3.05, 3.63) is 60.7 Å². The molecule has 3 aromatic carbocycles. The minimum atomic E-state index is -0.131. The number of rotatable bonds is 6. The summed E-state index contributed by atoms with van der Waals surface area (Å²) in [6.07, 6.45) is 0. The lowest BCUT2D eigenvalue weighted by Crippen LogP contribution is -2.41. The van der Waals surface area contributed by atoms with Gasteiger partial charge in [-0.2, -0.15) is 0 Å². The molecule has 0 unspecified atom stereocenters. The third-order valence-corrected chi connectivity index (χ3v) is 4.96. The van der Waals surface area contributed by atoms with Crippen molar-refractivity contribution in [3.63, 3.8) is 0 Å². The molecule has 0 radical (unpaired) electrons. The Labute approximate surface area is 172 Å². The quantitative estimate of drug-likeness (QED) is 0.665. The zero-order valence-electron chi connectivity index (χ0n) is 17.4. The zero-order chi connectivity index (χ0) is 21.0. The highest BCUT2D eigenvalue weighted by Crippen LogP contribution is 2.37. The number of phenolic OH excluding ortho intramolecular Hbond substituents is 1. The van der Waals surface area contributed by atoms with Crippen molar-refractivity contribution in [2.45, 2.75) is 0 Å². The van der Waals surface area contributed by atoms with E-state index in [4.69, 9.17) is 0 Å². The van der Waals surface area contributed by atoms with Gasteiger partial charge in [0.1, 0.15) is 5.75 Å². The van der Waals surface area contributed by atoms with Crippen molar-refractivity contribution < 1.29 is 9.90 Å². The van der Waals surface area contributed by atoms with E-state index in [-0.39, 0.29) is 11.8 Å². The molecule has 152 valence electrons. The molecule has 0 spiro atoms. The van der Waals surface area contributed by atoms with Crippen LogP contribution in [0.1, 0.15) is 0 Å². The number of hydrogen-bond donors (Lipinski definition) is 2. The van der Waals surface area contributed by atoms with E-state index in [0.717, 1.165) is 22.4 Å². The molecule has 29 heavy (non-hydrogen) atoms. The predicted molar refractivity (Wildman–Crippen MR) is 120 cm³/mol. The van der Waals surface area contributed by atoms with Crippen molar-refractivity contribution >= 4 is 33.9 Å². The number of phenols is 1. The summed E-state index contributed by atoms with van der Waals surface area (Å²) in [5.41, 5.74) is 2.56. The van der Waals surface area contributed by atoms with Gasteiger partial charge in [0.25, 0.3) is 0 Å². The summed E-state index contributed by atoms with van der Waals surface area (Å²) in [4.78, 5) is 18.9. The van der Waals surface area contributed by atoms with Crippen molar-refractivity contribution in [2.24, 2.45) is 0 Å². The largest absolute Gasteiger partial charge is 0.507 e. The number of nitrogens with one attached hydrogen (secondary N) is 1. The van der Waals surface area contributed by atoms with Gasteiger partial charge in [-0.15, -0.1) is 0 Å². The van der Waals surface area contributed by atoms with Gasteiger partial charge in [0.05, 0.1) is 11.4 Å². The number of anilines is 3. The van der Waals surface area contributed by atoms with Gasteiger partial charge in [0.15, 0.2) is 0 Å². The van der Waals surface area contributed by atoms with Crippen LogP contribution in [0.25, 0.3) is 10.8 Å². The number of hydrogen-bond acceptors (Lipinski definition) is 4. The average molecular weight is 393 g/mol. The second kappa shape index (κ2) is 8.84. The van der Waals surface area contributed by atoms with Crippen LogP contribution in [0.2, 0.25) is 0 Å². The Morgan fingerprint density at radius 3 is 2.14 bits per heavy atom. The number of fused-ring (bicyclic) bond motifs is 1. The molecule has 0 aromatic heterocycles.